The number of para-hydroxylation sites is 1. The molecule has 2 aliphatic rings. The molecule has 2 aromatic carbocycles. The minimum absolute atomic E-state index is 0.145. The zero-order chi connectivity index (χ0) is 18.8. The summed E-state index contributed by atoms with van der Waals surface area (Å²) in [5.41, 5.74) is 3.19. The Morgan fingerprint density at radius 1 is 0.963 bits per heavy atom. The highest BCUT2D eigenvalue weighted by Gasteiger charge is 2.30. The largest absolute Gasteiger partial charge is 0.368 e. The van der Waals surface area contributed by atoms with E-state index in [9.17, 15) is 4.79 Å². The molecule has 2 aliphatic heterocycles. The van der Waals surface area contributed by atoms with Crippen LogP contribution in [-0.2, 0) is 4.79 Å². The Labute approximate surface area is 168 Å². The van der Waals surface area contributed by atoms with Gasteiger partial charge in [0.05, 0.1) is 4.91 Å². The van der Waals surface area contributed by atoms with E-state index < -0.39 is 0 Å². The monoisotopic (exact) mass is 397 g/mol. The molecule has 2 aromatic rings. The van der Waals surface area contributed by atoms with Crippen LogP contribution in [0.15, 0.2) is 64.5 Å². The van der Waals surface area contributed by atoms with E-state index in [1.807, 2.05) is 37.3 Å². The minimum atomic E-state index is -0.145. The van der Waals surface area contributed by atoms with Crippen LogP contribution in [0.2, 0.25) is 5.02 Å². The van der Waals surface area contributed by atoms with Gasteiger partial charge in [0.2, 0.25) is 0 Å². The van der Waals surface area contributed by atoms with Gasteiger partial charge in [-0.2, -0.15) is 4.99 Å². The van der Waals surface area contributed by atoms with Crippen molar-refractivity contribution in [3.05, 3.63) is 70.1 Å². The summed E-state index contributed by atoms with van der Waals surface area (Å²) in [7, 11) is 0. The summed E-state index contributed by atoms with van der Waals surface area (Å²) in [4.78, 5) is 22.1. The molecule has 1 amide bonds. The van der Waals surface area contributed by atoms with Crippen LogP contribution in [0, 0.1) is 0 Å². The lowest BCUT2D eigenvalue weighted by atomic mass is 10.1. The molecular weight excluding hydrogens is 378 g/mol. The van der Waals surface area contributed by atoms with Crippen molar-refractivity contribution < 1.29 is 4.79 Å². The van der Waals surface area contributed by atoms with Crippen LogP contribution in [0.3, 0.4) is 0 Å². The first-order valence-electron chi connectivity index (χ1n) is 8.94. The smallest absolute Gasteiger partial charge is 0.286 e. The maximum atomic E-state index is 12.5. The lowest BCUT2D eigenvalue weighted by Crippen LogP contribution is -2.47. The number of benzene rings is 2. The van der Waals surface area contributed by atoms with Crippen LogP contribution in [0.4, 0.5) is 5.69 Å². The van der Waals surface area contributed by atoms with E-state index in [-0.39, 0.29) is 5.91 Å². The standard InChI is InChI=1S/C21H20ClN3OS/c1-15(16-7-9-17(22)10-8-16)19-20(26)23-21(27-19)25-13-11-24(12-14-25)18-5-3-2-4-6-18/h2-10H,11-14H2,1H3/b19-15-. The molecule has 2 heterocycles. The van der Waals surface area contributed by atoms with Crippen LogP contribution in [-0.4, -0.2) is 42.2 Å². The number of nitrogens with zero attached hydrogens (tertiary/aromatic N) is 3. The molecule has 0 atom stereocenters. The van der Waals surface area contributed by atoms with E-state index in [0.29, 0.717) is 9.93 Å². The van der Waals surface area contributed by atoms with Crippen LogP contribution >= 0.6 is 23.4 Å². The van der Waals surface area contributed by atoms with Gasteiger partial charge in [-0.3, -0.25) is 4.79 Å². The van der Waals surface area contributed by atoms with Gasteiger partial charge in [-0.25, -0.2) is 0 Å². The molecule has 0 spiro atoms. The summed E-state index contributed by atoms with van der Waals surface area (Å²) in [6.07, 6.45) is 0. The fraction of sp³-hybridized carbons (Fsp3) is 0.238. The van der Waals surface area contributed by atoms with Crippen molar-refractivity contribution in [1.82, 2.24) is 4.90 Å². The molecule has 4 rings (SSSR count). The predicted octanol–water partition coefficient (Wildman–Crippen LogP) is 4.52. The minimum Gasteiger partial charge on any atom is -0.368 e. The zero-order valence-electron chi connectivity index (χ0n) is 15.1. The van der Waals surface area contributed by atoms with Crippen LogP contribution in [0.1, 0.15) is 12.5 Å². The second-order valence-electron chi connectivity index (χ2n) is 6.57. The van der Waals surface area contributed by atoms with Crippen molar-refractivity contribution >= 4 is 45.7 Å². The van der Waals surface area contributed by atoms with Crippen molar-refractivity contribution in [2.75, 3.05) is 31.1 Å². The van der Waals surface area contributed by atoms with Crippen LogP contribution in [0.5, 0.6) is 0 Å². The number of halogens is 1. The number of carbonyl (C=O) groups excluding carboxylic acids is 1. The zero-order valence-corrected chi connectivity index (χ0v) is 16.6. The predicted molar refractivity (Wildman–Crippen MR) is 114 cm³/mol. The van der Waals surface area contributed by atoms with Gasteiger partial charge in [-0.05, 0) is 54.1 Å². The number of amidine groups is 1. The number of rotatable bonds is 2. The summed E-state index contributed by atoms with van der Waals surface area (Å²) in [6.45, 7) is 5.54. The van der Waals surface area contributed by atoms with Gasteiger partial charge in [0.1, 0.15) is 0 Å². The number of aliphatic imine (C=N–C) groups is 1. The quantitative estimate of drug-likeness (QED) is 0.698. The highest BCUT2D eigenvalue weighted by atomic mass is 35.5. The molecule has 4 nitrogen and oxygen atoms in total. The fourth-order valence-corrected chi connectivity index (χ4v) is 4.45. The number of carbonyl (C=O) groups is 1. The lowest BCUT2D eigenvalue weighted by Gasteiger charge is -2.36. The maximum Gasteiger partial charge on any atom is 0.286 e. The van der Waals surface area contributed by atoms with E-state index in [1.54, 1.807) is 0 Å². The Bertz CT molecular complexity index is 901. The second kappa shape index (κ2) is 7.79. The summed E-state index contributed by atoms with van der Waals surface area (Å²) < 4.78 is 0. The highest BCUT2D eigenvalue weighted by molar-refractivity contribution is 8.18. The molecule has 0 radical (unpaired) electrons. The average molecular weight is 398 g/mol. The SMILES string of the molecule is C/C(=C1/SC(N2CCN(c3ccccc3)CC2)=NC1=O)c1ccc(Cl)cc1. The Hall–Kier alpha value is -2.24. The molecule has 0 saturated carbocycles. The lowest BCUT2D eigenvalue weighted by molar-refractivity contribution is -0.113. The van der Waals surface area contributed by atoms with Gasteiger partial charge in [0, 0.05) is 36.9 Å². The molecule has 1 fully saturated rings. The number of piperazine rings is 1. The van der Waals surface area contributed by atoms with Crippen molar-refractivity contribution in [2.45, 2.75) is 6.92 Å². The van der Waals surface area contributed by atoms with Gasteiger partial charge < -0.3 is 9.80 Å². The summed E-state index contributed by atoms with van der Waals surface area (Å²) in [6, 6.07) is 18.0. The summed E-state index contributed by atoms with van der Waals surface area (Å²) >= 11 is 7.45. The Kier molecular flexibility index (Phi) is 5.23. The van der Waals surface area contributed by atoms with Gasteiger partial charge in [-0.15, -0.1) is 0 Å². The van der Waals surface area contributed by atoms with E-state index in [1.165, 1.54) is 17.4 Å². The van der Waals surface area contributed by atoms with Crippen LogP contribution in [0.25, 0.3) is 5.57 Å². The number of amides is 1. The molecule has 138 valence electrons. The third-order valence-corrected chi connectivity index (χ3v) is 6.34. The van der Waals surface area contributed by atoms with Crippen molar-refractivity contribution in [3.8, 4) is 0 Å². The topological polar surface area (TPSA) is 35.9 Å². The van der Waals surface area contributed by atoms with E-state index in [0.717, 1.165) is 42.5 Å². The Morgan fingerprint density at radius 3 is 2.26 bits per heavy atom. The molecule has 6 heteroatoms. The molecule has 27 heavy (non-hydrogen) atoms. The number of anilines is 1. The van der Waals surface area contributed by atoms with Crippen molar-refractivity contribution in [2.24, 2.45) is 4.99 Å². The van der Waals surface area contributed by atoms with Gasteiger partial charge in [0.15, 0.2) is 5.17 Å². The van der Waals surface area contributed by atoms with Crippen LogP contribution < -0.4 is 4.90 Å². The number of hydrogen-bond donors (Lipinski definition) is 0. The number of hydrogen-bond acceptors (Lipinski definition) is 4. The molecule has 0 N–H and O–H groups in total. The third kappa shape index (κ3) is 3.89. The Morgan fingerprint density at radius 2 is 1.59 bits per heavy atom. The normalized spacial score (nSPS) is 19.3. The first-order chi connectivity index (χ1) is 13.1. The molecule has 0 aliphatic carbocycles. The van der Waals surface area contributed by atoms with Crippen molar-refractivity contribution in [3.63, 3.8) is 0 Å². The number of allylic oxidation sites excluding steroid dienone is 1. The first-order valence-corrected chi connectivity index (χ1v) is 10.1. The first kappa shape index (κ1) is 18.1. The Balaban J connectivity index is 1.44. The van der Waals surface area contributed by atoms with E-state index in [4.69, 9.17) is 11.6 Å². The van der Waals surface area contributed by atoms with E-state index in [2.05, 4.69) is 39.1 Å². The molecule has 0 aromatic heterocycles. The third-order valence-electron chi connectivity index (χ3n) is 4.87. The van der Waals surface area contributed by atoms with Gasteiger partial charge >= 0.3 is 0 Å². The maximum absolute atomic E-state index is 12.5. The fourth-order valence-electron chi connectivity index (χ4n) is 3.29. The molecule has 0 bridgehead atoms. The average Bonchev–Trinajstić information content (AvgIpc) is 3.10. The van der Waals surface area contributed by atoms with E-state index >= 15 is 0 Å². The van der Waals surface area contributed by atoms with Crippen molar-refractivity contribution in [1.29, 1.82) is 0 Å². The molecule has 1 saturated heterocycles. The second-order valence-corrected chi connectivity index (χ2v) is 7.99. The highest BCUT2D eigenvalue weighted by Crippen LogP contribution is 2.35. The molecular formula is C21H20ClN3OS. The number of thioether (sulfide) groups is 1. The molecule has 0 unspecified atom stereocenters. The summed E-state index contributed by atoms with van der Waals surface area (Å²) in [5.74, 6) is -0.145. The summed E-state index contributed by atoms with van der Waals surface area (Å²) in [5, 5.41) is 1.51. The van der Waals surface area contributed by atoms with Gasteiger partial charge in [-0.1, -0.05) is 41.9 Å². The van der Waals surface area contributed by atoms with Gasteiger partial charge in [0.25, 0.3) is 5.91 Å².